The fourth-order valence-electron chi connectivity index (χ4n) is 1.83. The van der Waals surface area contributed by atoms with Crippen molar-refractivity contribution in [1.29, 1.82) is 0 Å². The van der Waals surface area contributed by atoms with Gasteiger partial charge in [-0.1, -0.05) is 0 Å². The van der Waals surface area contributed by atoms with Crippen molar-refractivity contribution in [2.75, 3.05) is 13.6 Å². The Kier molecular flexibility index (Phi) is 1.97. The van der Waals surface area contributed by atoms with E-state index in [1.54, 1.807) is 16.0 Å². The van der Waals surface area contributed by atoms with Crippen LogP contribution in [-0.2, 0) is 13.0 Å². The first kappa shape index (κ1) is 8.27. The Morgan fingerprint density at radius 3 is 2.83 bits per heavy atom. The molecule has 0 N–H and O–H groups in total. The average molecular weight is 181 g/mol. The molecule has 66 valence electrons. The van der Waals surface area contributed by atoms with E-state index in [0.717, 1.165) is 6.54 Å². The van der Waals surface area contributed by atoms with E-state index in [9.17, 15) is 0 Å². The second kappa shape index (κ2) is 2.86. The van der Waals surface area contributed by atoms with Gasteiger partial charge in [0.25, 0.3) is 0 Å². The Hall–Kier alpha value is -0.340. The molecule has 2 heteroatoms. The second-order valence-corrected chi connectivity index (χ2v) is 4.98. The highest BCUT2D eigenvalue weighted by atomic mass is 32.1. The van der Waals surface area contributed by atoms with E-state index in [2.05, 4.69) is 25.8 Å². The van der Waals surface area contributed by atoms with Gasteiger partial charge < -0.3 is 4.90 Å². The molecule has 1 aromatic rings. The van der Waals surface area contributed by atoms with Gasteiger partial charge in [-0.2, -0.15) is 0 Å². The molecular weight excluding hydrogens is 166 g/mol. The molecule has 0 amide bonds. The quantitative estimate of drug-likeness (QED) is 0.594. The van der Waals surface area contributed by atoms with E-state index in [1.807, 2.05) is 11.3 Å². The van der Waals surface area contributed by atoms with Crippen molar-refractivity contribution in [3.05, 3.63) is 20.9 Å². The molecule has 1 aliphatic rings. The number of hydrogen-bond donors (Lipinski definition) is 0. The number of nitrogens with zero attached hydrogens (tertiary/aromatic N) is 1. The van der Waals surface area contributed by atoms with Crippen LogP contribution in [-0.4, -0.2) is 18.5 Å². The van der Waals surface area contributed by atoms with Crippen molar-refractivity contribution < 1.29 is 0 Å². The van der Waals surface area contributed by atoms with Crippen molar-refractivity contribution in [1.82, 2.24) is 4.90 Å². The standard InChI is InChI=1S/C10H15NS/c1-7-8(2)12-10-6-11(3)5-4-9(7)10/h4-6H2,1-3H3. The third-order valence-corrected chi connectivity index (χ3v) is 3.98. The molecule has 1 aliphatic heterocycles. The van der Waals surface area contributed by atoms with Gasteiger partial charge in [0.2, 0.25) is 0 Å². The van der Waals surface area contributed by atoms with E-state index in [0.29, 0.717) is 0 Å². The first-order valence-corrected chi connectivity index (χ1v) is 5.26. The van der Waals surface area contributed by atoms with Crippen LogP contribution in [0.4, 0.5) is 0 Å². The molecule has 2 heterocycles. The summed E-state index contributed by atoms with van der Waals surface area (Å²) >= 11 is 1.98. The van der Waals surface area contributed by atoms with E-state index in [1.165, 1.54) is 17.8 Å². The van der Waals surface area contributed by atoms with E-state index < -0.39 is 0 Å². The highest BCUT2D eigenvalue weighted by Gasteiger charge is 2.18. The van der Waals surface area contributed by atoms with Crippen LogP contribution in [0.25, 0.3) is 0 Å². The lowest BCUT2D eigenvalue weighted by Crippen LogP contribution is -2.25. The van der Waals surface area contributed by atoms with Gasteiger partial charge in [-0.15, -0.1) is 11.3 Å². The van der Waals surface area contributed by atoms with E-state index in [4.69, 9.17) is 0 Å². The number of hydrogen-bond acceptors (Lipinski definition) is 2. The summed E-state index contributed by atoms with van der Waals surface area (Å²) in [5, 5.41) is 0. The lowest BCUT2D eigenvalue weighted by atomic mass is 10.0. The van der Waals surface area contributed by atoms with E-state index in [-0.39, 0.29) is 0 Å². The van der Waals surface area contributed by atoms with Crippen LogP contribution < -0.4 is 0 Å². The molecular formula is C10H15NS. The Bertz CT molecular complexity index is 301. The normalized spacial score (nSPS) is 17.9. The fourth-order valence-corrected chi connectivity index (χ4v) is 3.14. The Morgan fingerprint density at radius 2 is 2.08 bits per heavy atom. The molecule has 0 aromatic carbocycles. The number of thiophene rings is 1. The van der Waals surface area contributed by atoms with Crippen molar-refractivity contribution >= 4 is 11.3 Å². The summed E-state index contributed by atoms with van der Waals surface area (Å²) in [6.07, 6.45) is 1.25. The third-order valence-electron chi connectivity index (χ3n) is 2.75. The van der Waals surface area contributed by atoms with Gasteiger partial charge >= 0.3 is 0 Å². The summed E-state index contributed by atoms with van der Waals surface area (Å²) in [4.78, 5) is 5.51. The molecule has 0 unspecified atom stereocenters. The largest absolute Gasteiger partial charge is 0.301 e. The lowest BCUT2D eigenvalue weighted by Gasteiger charge is -2.22. The van der Waals surface area contributed by atoms with Crippen LogP contribution >= 0.6 is 11.3 Å². The minimum absolute atomic E-state index is 1.16. The lowest BCUT2D eigenvalue weighted by molar-refractivity contribution is 0.317. The molecule has 2 rings (SSSR count). The van der Waals surface area contributed by atoms with Gasteiger partial charge in [0.15, 0.2) is 0 Å². The minimum atomic E-state index is 1.16. The molecule has 0 fully saturated rings. The molecule has 0 aliphatic carbocycles. The zero-order valence-electron chi connectivity index (χ0n) is 7.98. The SMILES string of the molecule is Cc1sc2c(c1C)CCN(C)C2. The predicted octanol–water partition coefficient (Wildman–Crippen LogP) is 2.35. The summed E-state index contributed by atoms with van der Waals surface area (Å²) in [7, 11) is 2.20. The maximum atomic E-state index is 2.40. The van der Waals surface area contributed by atoms with E-state index >= 15 is 0 Å². The number of rotatable bonds is 0. The molecule has 0 saturated carbocycles. The zero-order valence-corrected chi connectivity index (χ0v) is 8.79. The Labute approximate surface area is 78.0 Å². The topological polar surface area (TPSA) is 3.24 Å². The summed E-state index contributed by atoms with van der Waals surface area (Å²) in [5.41, 5.74) is 3.18. The second-order valence-electron chi connectivity index (χ2n) is 3.67. The highest BCUT2D eigenvalue weighted by Crippen LogP contribution is 2.31. The summed E-state index contributed by atoms with van der Waals surface area (Å²) < 4.78 is 0. The van der Waals surface area contributed by atoms with Gasteiger partial charge in [0.05, 0.1) is 0 Å². The molecule has 12 heavy (non-hydrogen) atoms. The maximum absolute atomic E-state index is 2.40. The van der Waals surface area contributed by atoms with Crippen molar-refractivity contribution in [2.45, 2.75) is 26.8 Å². The fraction of sp³-hybridized carbons (Fsp3) is 0.600. The van der Waals surface area contributed by atoms with Gasteiger partial charge in [-0.05, 0) is 38.4 Å². The van der Waals surface area contributed by atoms with Gasteiger partial charge in [-0.25, -0.2) is 0 Å². The van der Waals surface area contributed by atoms with Gasteiger partial charge in [-0.3, -0.25) is 0 Å². The van der Waals surface area contributed by atoms with Crippen LogP contribution in [0.15, 0.2) is 0 Å². The van der Waals surface area contributed by atoms with Crippen LogP contribution in [0, 0.1) is 13.8 Å². The predicted molar refractivity (Wildman–Crippen MR) is 53.8 cm³/mol. The van der Waals surface area contributed by atoms with Crippen LogP contribution in [0.2, 0.25) is 0 Å². The van der Waals surface area contributed by atoms with Crippen molar-refractivity contribution in [2.24, 2.45) is 0 Å². The number of aryl methyl sites for hydroxylation is 1. The van der Waals surface area contributed by atoms with Crippen LogP contribution in [0.1, 0.15) is 20.9 Å². The van der Waals surface area contributed by atoms with Crippen molar-refractivity contribution in [3.8, 4) is 0 Å². The molecule has 0 radical (unpaired) electrons. The monoisotopic (exact) mass is 181 g/mol. The molecule has 0 atom stereocenters. The third kappa shape index (κ3) is 1.19. The number of likely N-dealkylation sites (N-methyl/N-ethyl adjacent to an activating group) is 1. The van der Waals surface area contributed by atoms with Gasteiger partial charge in [0, 0.05) is 22.8 Å². The molecule has 0 saturated heterocycles. The smallest absolute Gasteiger partial charge is 0.0327 e. The minimum Gasteiger partial charge on any atom is -0.301 e. The van der Waals surface area contributed by atoms with Crippen LogP contribution in [0.3, 0.4) is 0 Å². The van der Waals surface area contributed by atoms with Crippen LogP contribution in [0.5, 0.6) is 0 Å². The number of fused-ring (bicyclic) bond motifs is 1. The van der Waals surface area contributed by atoms with Crippen molar-refractivity contribution in [3.63, 3.8) is 0 Å². The zero-order chi connectivity index (χ0) is 8.72. The maximum Gasteiger partial charge on any atom is 0.0327 e. The molecule has 1 nitrogen and oxygen atoms in total. The molecule has 0 spiro atoms. The first-order valence-electron chi connectivity index (χ1n) is 4.45. The summed E-state index contributed by atoms with van der Waals surface area (Å²) in [6.45, 7) is 6.88. The van der Waals surface area contributed by atoms with Gasteiger partial charge in [0.1, 0.15) is 0 Å². The summed E-state index contributed by atoms with van der Waals surface area (Å²) in [5.74, 6) is 0. The molecule has 1 aromatic heterocycles. The highest BCUT2D eigenvalue weighted by molar-refractivity contribution is 7.12. The first-order chi connectivity index (χ1) is 5.68. The average Bonchev–Trinajstić information content (AvgIpc) is 2.28. The Morgan fingerprint density at radius 1 is 1.33 bits per heavy atom. The molecule has 0 bridgehead atoms. The summed E-state index contributed by atoms with van der Waals surface area (Å²) in [6, 6.07) is 0. The Balaban J connectivity index is 2.43.